The van der Waals surface area contributed by atoms with Crippen LogP contribution in [0.25, 0.3) is 22.6 Å². The van der Waals surface area contributed by atoms with Gasteiger partial charge in [0.1, 0.15) is 8.07 Å². The molecular weight excluding hydrogens is 424 g/mol. The quantitative estimate of drug-likeness (QED) is 0.264. The first-order valence-corrected chi connectivity index (χ1v) is 14.4. The predicted octanol–water partition coefficient (Wildman–Crippen LogP) is 3.57. The van der Waals surface area contributed by atoms with Gasteiger partial charge in [-0.25, -0.2) is 0 Å². The molecule has 0 bridgehead atoms. The number of rotatable bonds is 3. The van der Waals surface area contributed by atoms with Crippen molar-refractivity contribution in [2.45, 2.75) is 20.0 Å². The monoisotopic (exact) mass is 452 g/mol. The van der Waals surface area contributed by atoms with E-state index in [9.17, 15) is 0 Å². The van der Waals surface area contributed by atoms with Gasteiger partial charge in [0.25, 0.3) is 0 Å². The molecule has 6 heteroatoms. The topological polar surface area (TPSA) is 61.2 Å². The van der Waals surface area contributed by atoms with Gasteiger partial charge in [-0.15, -0.1) is 0 Å². The summed E-state index contributed by atoms with van der Waals surface area (Å²) >= 11 is 0. The SMILES string of the molecule is C=c1ccc2c(c1)[Si](C)(C)c1cc(C)ccc1C=2c1cc(N=[N+]=[N-])ccc1N1CCOCC1. The Balaban J connectivity index is 1.91. The second kappa shape index (κ2) is 8.23. The van der Waals surface area contributed by atoms with Crippen molar-refractivity contribution < 1.29 is 4.74 Å². The van der Waals surface area contributed by atoms with E-state index in [0.29, 0.717) is 18.9 Å². The Morgan fingerprint density at radius 3 is 2.52 bits per heavy atom. The number of azide groups is 1. The maximum atomic E-state index is 9.11. The van der Waals surface area contributed by atoms with Crippen LogP contribution in [0.3, 0.4) is 0 Å². The predicted molar refractivity (Wildman–Crippen MR) is 139 cm³/mol. The highest BCUT2D eigenvalue weighted by Gasteiger charge is 2.35. The number of benzene rings is 3. The van der Waals surface area contributed by atoms with Crippen LogP contribution >= 0.6 is 0 Å². The highest BCUT2D eigenvalue weighted by molar-refractivity contribution is 7.01. The third-order valence-electron chi connectivity index (χ3n) is 6.91. The second-order valence-corrected chi connectivity index (χ2v) is 13.7. The minimum Gasteiger partial charge on any atom is -0.378 e. The minimum absolute atomic E-state index is 0.628. The minimum atomic E-state index is -1.93. The lowest BCUT2D eigenvalue weighted by atomic mass is 9.92. The summed E-state index contributed by atoms with van der Waals surface area (Å²) in [6, 6.07) is 19.5. The Kier molecular flexibility index (Phi) is 5.37. The molecule has 33 heavy (non-hydrogen) atoms. The first-order valence-electron chi connectivity index (χ1n) is 11.4. The first-order chi connectivity index (χ1) is 15.9. The summed E-state index contributed by atoms with van der Waals surface area (Å²) in [5.74, 6) is 0. The molecule has 0 atom stereocenters. The average molecular weight is 453 g/mol. The van der Waals surface area contributed by atoms with Crippen LogP contribution < -0.4 is 25.7 Å². The van der Waals surface area contributed by atoms with Gasteiger partial charge in [0.2, 0.25) is 0 Å². The number of hydrogen-bond acceptors (Lipinski definition) is 3. The van der Waals surface area contributed by atoms with Crippen LogP contribution in [0.15, 0.2) is 59.7 Å². The van der Waals surface area contributed by atoms with Gasteiger partial charge in [0, 0.05) is 34.9 Å². The third kappa shape index (κ3) is 3.66. The van der Waals surface area contributed by atoms with Crippen molar-refractivity contribution in [3.05, 3.63) is 92.2 Å². The van der Waals surface area contributed by atoms with Crippen LogP contribution in [0.4, 0.5) is 11.4 Å². The van der Waals surface area contributed by atoms with E-state index >= 15 is 0 Å². The molecule has 1 saturated heterocycles. The number of nitrogens with zero attached hydrogens (tertiary/aromatic N) is 4. The van der Waals surface area contributed by atoms with E-state index < -0.39 is 8.07 Å². The summed E-state index contributed by atoms with van der Waals surface area (Å²) in [6.07, 6.45) is 0. The molecule has 5 nitrogen and oxygen atoms in total. The number of ether oxygens (including phenoxy) is 1. The molecule has 0 radical (unpaired) electrons. The molecule has 0 N–H and O–H groups in total. The number of aryl methyl sites for hydroxylation is 1. The smallest absolute Gasteiger partial charge is 0.113 e. The molecule has 0 amide bonds. The highest BCUT2D eigenvalue weighted by atomic mass is 28.3. The van der Waals surface area contributed by atoms with Crippen LogP contribution in [0.1, 0.15) is 16.7 Å². The maximum Gasteiger partial charge on any atom is 0.113 e. The molecule has 2 aliphatic heterocycles. The third-order valence-corrected chi connectivity index (χ3v) is 10.4. The fraction of sp³-hybridized carbons (Fsp3) is 0.259. The van der Waals surface area contributed by atoms with E-state index in [1.165, 1.54) is 32.3 Å². The maximum absolute atomic E-state index is 9.11. The molecule has 0 unspecified atom stereocenters. The Hall–Kier alpha value is -3.31. The van der Waals surface area contributed by atoms with Crippen molar-refractivity contribution in [1.29, 1.82) is 0 Å². The summed E-state index contributed by atoms with van der Waals surface area (Å²) in [4.78, 5) is 5.43. The van der Waals surface area contributed by atoms with Crippen LogP contribution in [-0.2, 0) is 4.74 Å². The van der Waals surface area contributed by atoms with E-state index in [2.05, 4.69) is 84.0 Å². The van der Waals surface area contributed by atoms with E-state index in [-0.39, 0.29) is 0 Å². The Morgan fingerprint density at radius 2 is 1.76 bits per heavy atom. The highest BCUT2D eigenvalue weighted by Crippen LogP contribution is 2.35. The van der Waals surface area contributed by atoms with Gasteiger partial charge in [-0.1, -0.05) is 72.8 Å². The van der Waals surface area contributed by atoms with Crippen molar-refractivity contribution in [3.8, 4) is 0 Å². The fourth-order valence-corrected chi connectivity index (χ4v) is 8.41. The Bertz CT molecular complexity index is 1420. The zero-order valence-corrected chi connectivity index (χ0v) is 20.4. The fourth-order valence-electron chi connectivity index (χ4n) is 5.22. The van der Waals surface area contributed by atoms with Gasteiger partial charge in [-0.05, 0) is 56.5 Å². The molecule has 2 heterocycles. The molecule has 0 saturated carbocycles. The molecule has 3 aromatic carbocycles. The summed E-state index contributed by atoms with van der Waals surface area (Å²) in [5.41, 5.74) is 15.8. The summed E-state index contributed by atoms with van der Waals surface area (Å²) in [6.45, 7) is 14.4. The lowest BCUT2D eigenvalue weighted by Gasteiger charge is -2.36. The number of hydrogen-bond donors (Lipinski definition) is 0. The van der Waals surface area contributed by atoms with Crippen LogP contribution in [-0.4, -0.2) is 34.4 Å². The zero-order valence-electron chi connectivity index (χ0n) is 19.4. The summed E-state index contributed by atoms with van der Waals surface area (Å²) in [7, 11) is -1.93. The molecule has 1 fully saturated rings. The van der Waals surface area contributed by atoms with E-state index in [1.54, 1.807) is 0 Å². The normalized spacial score (nSPS) is 16.6. The Morgan fingerprint density at radius 1 is 0.970 bits per heavy atom. The van der Waals surface area contributed by atoms with Crippen LogP contribution in [0.5, 0.6) is 0 Å². The molecule has 3 aromatic rings. The van der Waals surface area contributed by atoms with Crippen molar-refractivity contribution in [3.63, 3.8) is 0 Å². The second-order valence-electron chi connectivity index (χ2n) is 9.42. The van der Waals surface area contributed by atoms with Gasteiger partial charge in [0.15, 0.2) is 0 Å². The Labute approximate surface area is 195 Å². The van der Waals surface area contributed by atoms with E-state index in [4.69, 9.17) is 10.3 Å². The van der Waals surface area contributed by atoms with E-state index in [0.717, 1.165) is 29.6 Å². The summed E-state index contributed by atoms with van der Waals surface area (Å²) in [5, 5.41) is 9.10. The molecule has 0 aromatic heterocycles. The molecule has 0 aliphatic carbocycles. The zero-order chi connectivity index (χ0) is 23.2. The number of morpholine rings is 1. The van der Waals surface area contributed by atoms with Gasteiger partial charge in [-0.2, -0.15) is 0 Å². The molecule has 166 valence electrons. The largest absolute Gasteiger partial charge is 0.378 e. The van der Waals surface area contributed by atoms with Crippen molar-refractivity contribution in [2.24, 2.45) is 5.11 Å². The molecule has 2 aliphatic rings. The van der Waals surface area contributed by atoms with Gasteiger partial charge in [-0.3, -0.25) is 0 Å². The number of fused-ring (bicyclic) bond motifs is 2. The number of anilines is 1. The lowest BCUT2D eigenvalue weighted by Crippen LogP contribution is -2.63. The van der Waals surface area contributed by atoms with Gasteiger partial charge >= 0.3 is 0 Å². The first kappa shape index (κ1) is 21.5. The van der Waals surface area contributed by atoms with Crippen LogP contribution in [0, 0.1) is 6.92 Å². The standard InChI is InChI=1S/C27H28N4OSi/c1-18-5-8-21-25(15-18)33(3,4)26-16-19(2)6-9-22(26)27(21)23-17-20(29-30-28)7-10-24(23)31-11-13-32-14-12-31/h5-10,15-17H,1,11-14H2,2-4H3. The van der Waals surface area contributed by atoms with Crippen molar-refractivity contribution >= 4 is 42.0 Å². The average Bonchev–Trinajstić information content (AvgIpc) is 2.81. The molecule has 0 spiro atoms. The summed E-state index contributed by atoms with van der Waals surface area (Å²) < 4.78 is 5.62. The van der Waals surface area contributed by atoms with E-state index in [1.807, 2.05) is 12.1 Å². The molecule has 5 rings (SSSR count). The van der Waals surface area contributed by atoms with Crippen molar-refractivity contribution in [2.75, 3.05) is 31.2 Å². The van der Waals surface area contributed by atoms with Crippen molar-refractivity contribution in [1.82, 2.24) is 0 Å². The molecular formula is C27H28N4OSi. The van der Waals surface area contributed by atoms with Gasteiger partial charge in [0.05, 0.1) is 13.2 Å². The lowest BCUT2D eigenvalue weighted by molar-refractivity contribution is 0.122. The van der Waals surface area contributed by atoms with Crippen LogP contribution in [0.2, 0.25) is 13.1 Å². The van der Waals surface area contributed by atoms with Gasteiger partial charge < -0.3 is 9.64 Å².